The summed E-state index contributed by atoms with van der Waals surface area (Å²) in [6.45, 7) is 6.44. The zero-order valence-electron chi connectivity index (χ0n) is 18.2. The van der Waals surface area contributed by atoms with E-state index in [0.29, 0.717) is 0 Å². The second-order valence-corrected chi connectivity index (χ2v) is 8.68. The summed E-state index contributed by atoms with van der Waals surface area (Å²) in [6.07, 6.45) is -0.716. The van der Waals surface area contributed by atoms with Crippen LogP contribution in [0.25, 0.3) is 11.1 Å². The number of nitrogens with one attached hydrogen (secondary N) is 1. The number of fused-ring (bicyclic) bond motifs is 3. The molecule has 1 aliphatic carbocycles. The van der Waals surface area contributed by atoms with Crippen molar-refractivity contribution in [1.82, 2.24) is 10.2 Å². The van der Waals surface area contributed by atoms with E-state index in [0.717, 1.165) is 22.3 Å². The Morgan fingerprint density at radius 1 is 1.03 bits per heavy atom. The SMILES string of the molecule is CC(NC(=O)OCC1c2ccccc2-c2ccccc21)C(=O)N(CC(=O)O)C(C)(C)C. The number of benzene rings is 2. The van der Waals surface area contributed by atoms with Crippen LogP contribution in [0.4, 0.5) is 4.79 Å². The van der Waals surface area contributed by atoms with Crippen LogP contribution < -0.4 is 5.32 Å². The Bertz CT molecular complexity index is 950. The number of carboxylic acids is 1. The lowest BCUT2D eigenvalue weighted by atomic mass is 9.98. The topological polar surface area (TPSA) is 95.9 Å². The van der Waals surface area contributed by atoms with Crippen LogP contribution in [-0.2, 0) is 14.3 Å². The highest BCUT2D eigenvalue weighted by atomic mass is 16.5. The maximum absolute atomic E-state index is 12.7. The normalized spacial score (nSPS) is 13.7. The average Bonchev–Trinajstić information content (AvgIpc) is 3.03. The molecule has 1 unspecified atom stereocenters. The molecule has 2 amide bonds. The predicted octanol–water partition coefficient (Wildman–Crippen LogP) is 3.63. The largest absolute Gasteiger partial charge is 0.480 e. The zero-order chi connectivity index (χ0) is 22.8. The minimum atomic E-state index is -1.11. The van der Waals surface area contributed by atoms with Crippen LogP contribution in [0.2, 0.25) is 0 Å². The monoisotopic (exact) mass is 424 g/mol. The summed E-state index contributed by atoms with van der Waals surface area (Å²) in [4.78, 5) is 37.5. The van der Waals surface area contributed by atoms with Crippen molar-refractivity contribution in [2.45, 2.75) is 45.2 Å². The molecule has 0 aliphatic heterocycles. The molecule has 1 aliphatic rings. The van der Waals surface area contributed by atoms with Gasteiger partial charge in [-0.3, -0.25) is 9.59 Å². The van der Waals surface area contributed by atoms with Gasteiger partial charge in [-0.2, -0.15) is 0 Å². The van der Waals surface area contributed by atoms with E-state index in [-0.39, 0.29) is 12.5 Å². The Morgan fingerprint density at radius 2 is 1.55 bits per heavy atom. The number of nitrogens with zero attached hydrogens (tertiary/aromatic N) is 1. The predicted molar refractivity (Wildman–Crippen MR) is 117 cm³/mol. The Morgan fingerprint density at radius 3 is 2.03 bits per heavy atom. The van der Waals surface area contributed by atoms with Gasteiger partial charge in [0.2, 0.25) is 5.91 Å². The van der Waals surface area contributed by atoms with Crippen molar-refractivity contribution in [2.75, 3.05) is 13.2 Å². The number of carbonyl (C=O) groups is 3. The molecule has 2 N–H and O–H groups in total. The molecule has 7 nitrogen and oxygen atoms in total. The van der Waals surface area contributed by atoms with Crippen LogP contribution >= 0.6 is 0 Å². The van der Waals surface area contributed by atoms with Crippen molar-refractivity contribution in [3.05, 3.63) is 59.7 Å². The van der Waals surface area contributed by atoms with E-state index in [4.69, 9.17) is 9.84 Å². The number of hydrogen-bond donors (Lipinski definition) is 2. The Balaban J connectivity index is 1.65. The van der Waals surface area contributed by atoms with E-state index in [2.05, 4.69) is 17.4 Å². The van der Waals surface area contributed by atoms with E-state index in [1.54, 1.807) is 20.8 Å². The molecule has 7 heteroatoms. The first kappa shape index (κ1) is 22.3. The molecular formula is C24H28N2O5. The van der Waals surface area contributed by atoms with Gasteiger partial charge in [0, 0.05) is 11.5 Å². The van der Waals surface area contributed by atoms with Crippen molar-refractivity contribution in [1.29, 1.82) is 0 Å². The minimum absolute atomic E-state index is 0.0813. The van der Waals surface area contributed by atoms with Crippen molar-refractivity contribution in [2.24, 2.45) is 0 Å². The first-order valence-electron chi connectivity index (χ1n) is 10.2. The average molecular weight is 424 g/mol. The Labute approximate surface area is 182 Å². The van der Waals surface area contributed by atoms with Crippen LogP contribution in [0.5, 0.6) is 0 Å². The summed E-state index contributed by atoms with van der Waals surface area (Å²) in [5.41, 5.74) is 3.75. The Kier molecular flexibility index (Phi) is 6.34. The molecule has 2 aromatic rings. The van der Waals surface area contributed by atoms with Gasteiger partial charge in [0.05, 0.1) is 0 Å². The van der Waals surface area contributed by atoms with Gasteiger partial charge < -0.3 is 20.1 Å². The van der Waals surface area contributed by atoms with Gasteiger partial charge in [-0.05, 0) is 49.9 Å². The molecule has 1 atom stereocenters. The maximum atomic E-state index is 12.7. The van der Waals surface area contributed by atoms with Crippen LogP contribution in [0.15, 0.2) is 48.5 Å². The summed E-state index contributed by atoms with van der Waals surface area (Å²) in [5, 5.41) is 11.7. The highest BCUT2D eigenvalue weighted by molar-refractivity contribution is 5.88. The molecule has 31 heavy (non-hydrogen) atoms. The van der Waals surface area contributed by atoms with Gasteiger partial charge in [0.25, 0.3) is 0 Å². The van der Waals surface area contributed by atoms with Crippen LogP contribution in [-0.4, -0.2) is 52.7 Å². The van der Waals surface area contributed by atoms with Gasteiger partial charge >= 0.3 is 12.1 Å². The second kappa shape index (κ2) is 8.79. The number of aliphatic carboxylic acids is 1. The summed E-state index contributed by atoms with van der Waals surface area (Å²) in [7, 11) is 0. The highest BCUT2D eigenvalue weighted by Crippen LogP contribution is 2.44. The third-order valence-corrected chi connectivity index (χ3v) is 5.42. The number of rotatable bonds is 6. The maximum Gasteiger partial charge on any atom is 0.407 e. The fourth-order valence-electron chi connectivity index (χ4n) is 3.89. The lowest BCUT2D eigenvalue weighted by Crippen LogP contribution is -2.55. The van der Waals surface area contributed by atoms with Crippen LogP contribution in [0.1, 0.15) is 44.7 Å². The lowest BCUT2D eigenvalue weighted by Gasteiger charge is -2.36. The Hall–Kier alpha value is -3.35. The van der Waals surface area contributed by atoms with E-state index in [1.165, 1.54) is 11.8 Å². The molecule has 0 aromatic heterocycles. The van der Waals surface area contributed by atoms with E-state index in [9.17, 15) is 14.4 Å². The molecular weight excluding hydrogens is 396 g/mol. The van der Waals surface area contributed by atoms with Crippen molar-refractivity contribution < 1.29 is 24.2 Å². The fraction of sp³-hybridized carbons (Fsp3) is 0.375. The molecule has 0 radical (unpaired) electrons. The van der Waals surface area contributed by atoms with Gasteiger partial charge in [-0.15, -0.1) is 0 Å². The number of alkyl carbamates (subject to hydrolysis) is 1. The van der Waals surface area contributed by atoms with Crippen molar-refractivity contribution >= 4 is 18.0 Å². The lowest BCUT2D eigenvalue weighted by molar-refractivity contribution is -0.149. The number of amides is 2. The minimum Gasteiger partial charge on any atom is -0.480 e. The molecule has 3 rings (SSSR count). The van der Waals surface area contributed by atoms with Gasteiger partial charge in [0.1, 0.15) is 19.2 Å². The van der Waals surface area contributed by atoms with Gasteiger partial charge in [-0.1, -0.05) is 48.5 Å². The van der Waals surface area contributed by atoms with E-state index >= 15 is 0 Å². The highest BCUT2D eigenvalue weighted by Gasteiger charge is 2.33. The van der Waals surface area contributed by atoms with E-state index in [1.807, 2.05) is 36.4 Å². The fourth-order valence-corrected chi connectivity index (χ4v) is 3.89. The third kappa shape index (κ3) is 4.87. The second-order valence-electron chi connectivity index (χ2n) is 8.68. The first-order valence-corrected chi connectivity index (χ1v) is 10.2. The van der Waals surface area contributed by atoms with Crippen LogP contribution in [0, 0.1) is 0 Å². The summed E-state index contributed by atoms with van der Waals surface area (Å²) in [6, 6.07) is 15.1. The van der Waals surface area contributed by atoms with Crippen molar-refractivity contribution in [3.63, 3.8) is 0 Å². The summed E-state index contributed by atoms with van der Waals surface area (Å²) >= 11 is 0. The molecule has 0 fully saturated rings. The van der Waals surface area contributed by atoms with Crippen LogP contribution in [0.3, 0.4) is 0 Å². The molecule has 2 aromatic carbocycles. The molecule has 0 saturated carbocycles. The smallest absolute Gasteiger partial charge is 0.407 e. The number of hydrogen-bond acceptors (Lipinski definition) is 4. The number of ether oxygens (including phenoxy) is 1. The quantitative estimate of drug-likeness (QED) is 0.738. The summed E-state index contributed by atoms with van der Waals surface area (Å²) in [5.74, 6) is -1.68. The van der Waals surface area contributed by atoms with E-state index < -0.39 is 36.1 Å². The third-order valence-electron chi connectivity index (χ3n) is 5.42. The van der Waals surface area contributed by atoms with Gasteiger partial charge in [-0.25, -0.2) is 4.79 Å². The molecule has 0 saturated heterocycles. The molecule has 0 bridgehead atoms. The standard InChI is InChI=1S/C24H28N2O5/c1-15(22(29)26(13-21(27)28)24(2,3)4)25-23(30)31-14-20-18-11-7-5-9-16(18)17-10-6-8-12-19(17)20/h5-12,15,20H,13-14H2,1-4H3,(H,25,30)(H,27,28). The first-order chi connectivity index (χ1) is 14.6. The zero-order valence-corrected chi connectivity index (χ0v) is 18.2. The number of carboxylic acid groups (broad SMARTS) is 1. The molecule has 164 valence electrons. The summed E-state index contributed by atoms with van der Waals surface area (Å²) < 4.78 is 5.47. The van der Waals surface area contributed by atoms with Crippen molar-refractivity contribution in [3.8, 4) is 11.1 Å². The molecule has 0 spiro atoms. The number of carbonyl (C=O) groups excluding carboxylic acids is 2. The molecule has 0 heterocycles. The van der Waals surface area contributed by atoms with Gasteiger partial charge in [0.15, 0.2) is 0 Å².